The van der Waals surface area contributed by atoms with Gasteiger partial charge in [-0.3, -0.25) is 14.5 Å². The van der Waals surface area contributed by atoms with E-state index >= 15 is 0 Å². The quantitative estimate of drug-likeness (QED) is 0.776. The van der Waals surface area contributed by atoms with E-state index in [1.165, 1.54) is 11.1 Å². The summed E-state index contributed by atoms with van der Waals surface area (Å²) >= 11 is 0. The molecule has 2 amide bonds. The zero-order chi connectivity index (χ0) is 19.9. The van der Waals surface area contributed by atoms with Crippen molar-refractivity contribution in [2.45, 2.75) is 38.6 Å². The molecule has 0 heterocycles. The first-order valence-electron chi connectivity index (χ1n) is 10.0. The fourth-order valence-electron chi connectivity index (χ4n) is 3.90. The van der Waals surface area contributed by atoms with Crippen molar-refractivity contribution in [1.82, 2.24) is 10.2 Å². The van der Waals surface area contributed by atoms with Gasteiger partial charge in [0, 0.05) is 11.7 Å². The van der Waals surface area contributed by atoms with Crippen LogP contribution in [-0.2, 0) is 22.4 Å². The molecule has 0 bridgehead atoms. The summed E-state index contributed by atoms with van der Waals surface area (Å²) in [6, 6.07) is 16.4. The third-order valence-corrected chi connectivity index (χ3v) is 5.38. The first-order chi connectivity index (χ1) is 13.6. The summed E-state index contributed by atoms with van der Waals surface area (Å²) in [6.45, 7) is 2.30. The Morgan fingerprint density at radius 1 is 1.07 bits per heavy atom. The number of benzene rings is 2. The van der Waals surface area contributed by atoms with E-state index in [0.29, 0.717) is 0 Å². The number of nitrogens with one attached hydrogen (secondary N) is 2. The van der Waals surface area contributed by atoms with Gasteiger partial charge in [-0.25, -0.2) is 0 Å². The molecule has 0 spiro atoms. The van der Waals surface area contributed by atoms with Crippen molar-refractivity contribution in [3.05, 3.63) is 65.2 Å². The highest BCUT2D eigenvalue weighted by Gasteiger charge is 2.24. The first kappa shape index (κ1) is 20.1. The molecule has 0 aromatic heterocycles. The minimum absolute atomic E-state index is 0.0218. The normalized spacial score (nSPS) is 15.8. The largest absolute Gasteiger partial charge is 0.346 e. The van der Waals surface area contributed by atoms with Crippen molar-refractivity contribution in [3.8, 4) is 0 Å². The second kappa shape index (κ2) is 9.51. The van der Waals surface area contributed by atoms with Gasteiger partial charge in [-0.15, -0.1) is 0 Å². The third kappa shape index (κ3) is 4.98. The van der Waals surface area contributed by atoms with Gasteiger partial charge in [0.25, 0.3) is 0 Å². The number of para-hydroxylation sites is 1. The highest BCUT2D eigenvalue weighted by atomic mass is 16.2. The van der Waals surface area contributed by atoms with Gasteiger partial charge in [-0.2, -0.15) is 0 Å². The molecule has 1 aliphatic rings. The van der Waals surface area contributed by atoms with Crippen LogP contribution >= 0.6 is 0 Å². The number of rotatable bonds is 7. The van der Waals surface area contributed by atoms with E-state index in [-0.39, 0.29) is 30.9 Å². The van der Waals surface area contributed by atoms with Crippen LogP contribution in [0.5, 0.6) is 0 Å². The summed E-state index contributed by atoms with van der Waals surface area (Å²) in [4.78, 5) is 26.6. The Morgan fingerprint density at radius 2 is 1.82 bits per heavy atom. The molecule has 0 saturated carbocycles. The predicted octanol–water partition coefficient (Wildman–Crippen LogP) is 3.31. The molecule has 2 N–H and O–H groups in total. The summed E-state index contributed by atoms with van der Waals surface area (Å²) in [5, 5.41) is 5.62. The van der Waals surface area contributed by atoms with Crippen molar-refractivity contribution in [2.24, 2.45) is 0 Å². The SMILES string of the molecule is CCc1ccccc1NC(=O)CNC(=O)CN(C)[C@@H]1CCCc2ccccc21. The highest BCUT2D eigenvalue weighted by Crippen LogP contribution is 2.33. The molecular formula is C23H29N3O2. The van der Waals surface area contributed by atoms with E-state index in [2.05, 4.69) is 39.8 Å². The van der Waals surface area contributed by atoms with Crippen LogP contribution in [0.2, 0.25) is 0 Å². The van der Waals surface area contributed by atoms with E-state index in [9.17, 15) is 9.59 Å². The van der Waals surface area contributed by atoms with Crippen LogP contribution < -0.4 is 10.6 Å². The first-order valence-corrected chi connectivity index (χ1v) is 10.0. The van der Waals surface area contributed by atoms with Crippen LogP contribution in [0.4, 0.5) is 5.69 Å². The van der Waals surface area contributed by atoms with Crippen LogP contribution in [0.15, 0.2) is 48.5 Å². The molecule has 2 aromatic carbocycles. The molecule has 1 aliphatic carbocycles. The van der Waals surface area contributed by atoms with Gasteiger partial charge in [0.15, 0.2) is 0 Å². The van der Waals surface area contributed by atoms with Gasteiger partial charge in [0.1, 0.15) is 0 Å². The van der Waals surface area contributed by atoms with E-state index in [4.69, 9.17) is 0 Å². The van der Waals surface area contributed by atoms with Crippen LogP contribution in [0.25, 0.3) is 0 Å². The van der Waals surface area contributed by atoms with Gasteiger partial charge in [-0.1, -0.05) is 49.4 Å². The Morgan fingerprint density at radius 3 is 2.64 bits per heavy atom. The Bertz CT molecular complexity index is 834. The molecule has 5 nitrogen and oxygen atoms in total. The van der Waals surface area contributed by atoms with Crippen molar-refractivity contribution in [2.75, 3.05) is 25.5 Å². The van der Waals surface area contributed by atoms with Gasteiger partial charge in [0.05, 0.1) is 13.1 Å². The summed E-state index contributed by atoms with van der Waals surface area (Å²) < 4.78 is 0. The zero-order valence-electron chi connectivity index (χ0n) is 16.7. The number of nitrogens with zero attached hydrogens (tertiary/aromatic N) is 1. The molecule has 2 aromatic rings. The number of hydrogen-bond acceptors (Lipinski definition) is 3. The van der Waals surface area contributed by atoms with Crippen molar-refractivity contribution < 1.29 is 9.59 Å². The van der Waals surface area contributed by atoms with E-state index in [1.807, 2.05) is 38.2 Å². The lowest BCUT2D eigenvalue weighted by molar-refractivity contribution is -0.125. The van der Waals surface area contributed by atoms with Crippen LogP contribution in [0.3, 0.4) is 0 Å². The Kier molecular flexibility index (Phi) is 6.82. The number of fused-ring (bicyclic) bond motifs is 1. The molecule has 3 rings (SSSR count). The van der Waals surface area contributed by atoms with Gasteiger partial charge in [0.2, 0.25) is 11.8 Å². The number of carbonyl (C=O) groups excluding carboxylic acids is 2. The third-order valence-electron chi connectivity index (χ3n) is 5.38. The molecule has 28 heavy (non-hydrogen) atoms. The number of aryl methyl sites for hydroxylation is 2. The van der Waals surface area contributed by atoms with Crippen molar-refractivity contribution in [1.29, 1.82) is 0 Å². The van der Waals surface area contributed by atoms with Crippen molar-refractivity contribution >= 4 is 17.5 Å². The molecule has 0 saturated heterocycles. The maximum Gasteiger partial charge on any atom is 0.243 e. The number of likely N-dealkylation sites (N-methyl/N-ethyl adjacent to an activating group) is 1. The molecule has 0 aliphatic heterocycles. The van der Waals surface area contributed by atoms with Gasteiger partial charge < -0.3 is 10.6 Å². The number of anilines is 1. The van der Waals surface area contributed by atoms with Crippen LogP contribution in [0.1, 0.15) is 42.5 Å². The smallest absolute Gasteiger partial charge is 0.243 e. The minimum Gasteiger partial charge on any atom is -0.346 e. The molecule has 148 valence electrons. The van der Waals surface area contributed by atoms with E-state index in [1.54, 1.807) is 0 Å². The molecular weight excluding hydrogens is 350 g/mol. The number of hydrogen-bond donors (Lipinski definition) is 2. The lowest BCUT2D eigenvalue weighted by Crippen LogP contribution is -2.41. The van der Waals surface area contributed by atoms with Crippen LogP contribution in [-0.4, -0.2) is 36.9 Å². The molecule has 5 heteroatoms. The molecule has 0 unspecified atom stereocenters. The number of amides is 2. The highest BCUT2D eigenvalue weighted by molar-refractivity contribution is 5.95. The average Bonchev–Trinajstić information content (AvgIpc) is 2.72. The van der Waals surface area contributed by atoms with Crippen LogP contribution in [0, 0.1) is 0 Å². The monoisotopic (exact) mass is 379 g/mol. The Balaban J connectivity index is 1.50. The fourth-order valence-corrected chi connectivity index (χ4v) is 3.90. The maximum absolute atomic E-state index is 12.4. The second-order valence-corrected chi connectivity index (χ2v) is 7.36. The van der Waals surface area contributed by atoms with Gasteiger partial charge >= 0.3 is 0 Å². The van der Waals surface area contributed by atoms with Gasteiger partial charge in [-0.05, 0) is 55.5 Å². The molecule has 0 radical (unpaired) electrons. The minimum atomic E-state index is -0.208. The zero-order valence-corrected chi connectivity index (χ0v) is 16.7. The Hall–Kier alpha value is -2.66. The molecule has 0 fully saturated rings. The summed E-state index contributed by atoms with van der Waals surface area (Å²) in [6.07, 6.45) is 4.13. The predicted molar refractivity (Wildman–Crippen MR) is 112 cm³/mol. The standard InChI is InChI=1S/C23H29N3O2/c1-3-17-9-5-7-13-20(17)25-22(27)15-24-23(28)16-26(2)21-14-8-11-18-10-4-6-12-19(18)21/h4-7,9-10,12-13,21H,3,8,11,14-16H2,1-2H3,(H,24,28)(H,25,27)/t21-/m1/s1. The lowest BCUT2D eigenvalue weighted by Gasteiger charge is -2.32. The number of carbonyl (C=O) groups is 2. The fraction of sp³-hybridized carbons (Fsp3) is 0.391. The second-order valence-electron chi connectivity index (χ2n) is 7.36. The van der Waals surface area contributed by atoms with E-state index < -0.39 is 0 Å². The summed E-state index contributed by atoms with van der Waals surface area (Å²) in [5.41, 5.74) is 4.58. The lowest BCUT2D eigenvalue weighted by atomic mass is 9.87. The summed E-state index contributed by atoms with van der Waals surface area (Å²) in [5.74, 6) is -0.343. The average molecular weight is 380 g/mol. The topological polar surface area (TPSA) is 61.4 Å². The van der Waals surface area contributed by atoms with E-state index in [0.717, 1.165) is 36.9 Å². The summed E-state index contributed by atoms with van der Waals surface area (Å²) in [7, 11) is 1.98. The molecule has 1 atom stereocenters. The van der Waals surface area contributed by atoms with Crippen molar-refractivity contribution in [3.63, 3.8) is 0 Å². The Labute approximate surface area is 167 Å². The maximum atomic E-state index is 12.4.